The second-order valence-corrected chi connectivity index (χ2v) is 11.4. The summed E-state index contributed by atoms with van der Waals surface area (Å²) in [6.07, 6.45) is 5.35. The lowest BCUT2D eigenvalue weighted by molar-refractivity contribution is -0.124. The zero-order valence-corrected chi connectivity index (χ0v) is 27.8. The molecule has 2 amide bonds. The molecule has 7 aromatic rings. The number of aryl methyl sites for hydroxylation is 1. The number of carbonyl (C=O) groups is 2. The molecule has 13 heteroatoms. The van der Waals surface area contributed by atoms with Gasteiger partial charge in [0.15, 0.2) is 6.10 Å². The molecule has 0 aliphatic rings. The third-order valence-electron chi connectivity index (χ3n) is 8.13. The van der Waals surface area contributed by atoms with E-state index in [-0.39, 0.29) is 24.9 Å². The molecule has 50 heavy (non-hydrogen) atoms. The molecule has 0 aliphatic heterocycles. The van der Waals surface area contributed by atoms with Crippen molar-refractivity contribution in [3.63, 3.8) is 0 Å². The molecule has 3 aromatic carbocycles. The normalized spacial score (nSPS) is 11.5. The van der Waals surface area contributed by atoms with Crippen molar-refractivity contribution >= 4 is 63.5 Å². The van der Waals surface area contributed by atoms with E-state index in [1.165, 1.54) is 0 Å². The van der Waals surface area contributed by atoms with E-state index in [1.54, 1.807) is 72.8 Å². The van der Waals surface area contributed by atoms with Gasteiger partial charge in [-0.25, -0.2) is 15.0 Å². The zero-order valence-electron chi connectivity index (χ0n) is 27.0. The number of hydrogen-bond acceptors (Lipinski definition) is 9. The number of benzene rings is 3. The summed E-state index contributed by atoms with van der Waals surface area (Å²) in [6.45, 7) is 1.82. The standard InChI is InChI=1S/C37H31N9O3.ClH/c1-22-10-12-26(19-29(22)45-37-41-17-14-28(44-37)25-8-4-15-39-20-25)42-36(49)32(47)21-46-31-13-11-24(35(48)38-2)18-30(31)43-34(46)27-9-3-6-23-7-5-16-40-33(23)27;/h3-20,32,47H,21H2,1-2H3,(H,38,48)(H,42,49)(H,41,44,45);1H. The topological polar surface area (TPSA) is 160 Å². The van der Waals surface area contributed by atoms with Crippen molar-refractivity contribution in [3.8, 4) is 22.6 Å². The molecular weight excluding hydrogens is 654 g/mol. The van der Waals surface area contributed by atoms with Crippen LogP contribution < -0.4 is 16.0 Å². The van der Waals surface area contributed by atoms with Gasteiger partial charge in [0.2, 0.25) is 5.95 Å². The highest BCUT2D eigenvalue weighted by Gasteiger charge is 2.23. The van der Waals surface area contributed by atoms with Crippen LogP contribution in [0.25, 0.3) is 44.6 Å². The van der Waals surface area contributed by atoms with Crippen LogP contribution in [-0.4, -0.2) is 59.6 Å². The van der Waals surface area contributed by atoms with Gasteiger partial charge in [0.05, 0.1) is 28.8 Å². The fourth-order valence-electron chi connectivity index (χ4n) is 5.62. The number of imidazole rings is 1. The fourth-order valence-corrected chi connectivity index (χ4v) is 5.62. The van der Waals surface area contributed by atoms with Crippen LogP contribution in [0.3, 0.4) is 0 Å². The van der Waals surface area contributed by atoms with Crippen molar-refractivity contribution in [2.45, 2.75) is 19.6 Å². The van der Waals surface area contributed by atoms with E-state index in [4.69, 9.17) is 4.98 Å². The molecule has 0 fully saturated rings. The number of para-hydroxylation sites is 1. The van der Waals surface area contributed by atoms with E-state index >= 15 is 0 Å². The lowest BCUT2D eigenvalue weighted by Gasteiger charge is -2.17. The van der Waals surface area contributed by atoms with Crippen molar-refractivity contribution in [2.75, 3.05) is 17.7 Å². The van der Waals surface area contributed by atoms with Crippen LogP contribution in [0, 0.1) is 6.92 Å². The van der Waals surface area contributed by atoms with E-state index in [0.717, 1.165) is 27.6 Å². The molecule has 12 nitrogen and oxygen atoms in total. The summed E-state index contributed by atoms with van der Waals surface area (Å²) < 4.78 is 1.78. The van der Waals surface area contributed by atoms with E-state index in [0.29, 0.717) is 45.4 Å². The smallest absolute Gasteiger partial charge is 0.255 e. The molecule has 250 valence electrons. The summed E-state index contributed by atoms with van der Waals surface area (Å²) in [5, 5.41) is 20.9. The summed E-state index contributed by atoms with van der Waals surface area (Å²) in [5.41, 5.74) is 6.73. The maximum Gasteiger partial charge on any atom is 0.255 e. The Bertz CT molecular complexity index is 2340. The highest BCUT2D eigenvalue weighted by molar-refractivity contribution is 5.99. The highest BCUT2D eigenvalue weighted by atomic mass is 35.5. The number of halogens is 1. The van der Waals surface area contributed by atoms with Gasteiger partial charge in [0, 0.05) is 65.3 Å². The van der Waals surface area contributed by atoms with Gasteiger partial charge in [-0.05, 0) is 73.2 Å². The van der Waals surface area contributed by atoms with Crippen molar-refractivity contribution in [1.29, 1.82) is 0 Å². The van der Waals surface area contributed by atoms with Gasteiger partial charge >= 0.3 is 0 Å². The number of fused-ring (bicyclic) bond motifs is 2. The average molecular weight is 686 g/mol. The fraction of sp³-hybridized carbons (Fsp3) is 0.108. The Labute approximate surface area is 293 Å². The molecule has 7 rings (SSSR count). The number of aromatic nitrogens is 6. The Kier molecular flexibility index (Phi) is 9.75. The minimum absolute atomic E-state index is 0. The van der Waals surface area contributed by atoms with E-state index < -0.39 is 12.0 Å². The molecule has 1 atom stereocenters. The maximum atomic E-state index is 13.5. The van der Waals surface area contributed by atoms with E-state index in [9.17, 15) is 14.7 Å². The number of hydrogen-bond donors (Lipinski definition) is 4. The molecule has 0 spiro atoms. The summed E-state index contributed by atoms with van der Waals surface area (Å²) in [6, 6.07) is 25.7. The number of nitrogens with zero attached hydrogens (tertiary/aromatic N) is 6. The van der Waals surface area contributed by atoms with Gasteiger partial charge in [0.25, 0.3) is 11.8 Å². The number of nitrogens with one attached hydrogen (secondary N) is 3. The number of amides is 2. The third-order valence-corrected chi connectivity index (χ3v) is 8.13. The largest absolute Gasteiger partial charge is 0.381 e. The van der Waals surface area contributed by atoms with Gasteiger partial charge in [-0.1, -0.05) is 24.3 Å². The number of pyridine rings is 2. The quantitative estimate of drug-likeness (QED) is 0.144. The molecule has 4 heterocycles. The number of anilines is 3. The Hall–Kier alpha value is -6.24. The van der Waals surface area contributed by atoms with Crippen LogP contribution in [0.1, 0.15) is 15.9 Å². The SMILES string of the molecule is CNC(=O)c1ccc2c(c1)nc(-c1cccc3cccnc13)n2CC(O)C(=O)Nc1ccc(C)c(Nc2nccc(-c3cccnc3)n2)c1.Cl. The Morgan fingerprint density at radius 1 is 0.900 bits per heavy atom. The minimum Gasteiger partial charge on any atom is -0.381 e. The van der Waals surface area contributed by atoms with Crippen LogP contribution >= 0.6 is 12.4 Å². The second-order valence-electron chi connectivity index (χ2n) is 11.4. The van der Waals surface area contributed by atoms with Crippen LogP contribution in [0.5, 0.6) is 0 Å². The van der Waals surface area contributed by atoms with Crippen LogP contribution in [0.4, 0.5) is 17.3 Å². The minimum atomic E-state index is -1.45. The first kappa shape index (κ1) is 33.7. The first-order valence-electron chi connectivity index (χ1n) is 15.5. The molecule has 4 N–H and O–H groups in total. The molecule has 0 bridgehead atoms. The lowest BCUT2D eigenvalue weighted by Crippen LogP contribution is -2.31. The number of aliphatic hydroxyl groups is 1. The van der Waals surface area contributed by atoms with Crippen molar-refractivity contribution < 1.29 is 14.7 Å². The predicted octanol–water partition coefficient (Wildman–Crippen LogP) is 5.94. The molecule has 0 aliphatic carbocycles. The summed E-state index contributed by atoms with van der Waals surface area (Å²) >= 11 is 0. The predicted molar refractivity (Wildman–Crippen MR) is 195 cm³/mol. The monoisotopic (exact) mass is 685 g/mol. The third kappa shape index (κ3) is 6.83. The van der Waals surface area contributed by atoms with E-state index in [1.807, 2.05) is 55.5 Å². The molecule has 4 aromatic heterocycles. The van der Waals surface area contributed by atoms with Crippen molar-refractivity contribution in [2.24, 2.45) is 0 Å². The Morgan fingerprint density at radius 3 is 2.56 bits per heavy atom. The molecule has 0 radical (unpaired) electrons. The zero-order chi connectivity index (χ0) is 33.9. The molecular formula is C37H32ClN9O3. The average Bonchev–Trinajstić information content (AvgIpc) is 3.49. The first-order chi connectivity index (χ1) is 23.9. The number of carbonyl (C=O) groups excluding carboxylic acids is 2. The van der Waals surface area contributed by atoms with Crippen molar-refractivity contribution in [1.82, 2.24) is 34.8 Å². The van der Waals surface area contributed by atoms with Gasteiger partial charge < -0.3 is 25.6 Å². The summed E-state index contributed by atoms with van der Waals surface area (Å²) in [4.78, 5) is 48.4. The summed E-state index contributed by atoms with van der Waals surface area (Å²) in [7, 11) is 1.56. The van der Waals surface area contributed by atoms with Crippen LogP contribution in [0.15, 0.2) is 110 Å². The molecule has 0 saturated heterocycles. The van der Waals surface area contributed by atoms with Gasteiger partial charge in [0.1, 0.15) is 5.82 Å². The van der Waals surface area contributed by atoms with Crippen LogP contribution in [-0.2, 0) is 11.3 Å². The molecule has 1 unspecified atom stereocenters. The number of aliphatic hydroxyl groups excluding tert-OH is 1. The first-order valence-corrected chi connectivity index (χ1v) is 15.5. The molecule has 0 saturated carbocycles. The number of rotatable bonds is 9. The Balaban J connectivity index is 0.00000432. The second kappa shape index (κ2) is 14.5. The Morgan fingerprint density at radius 2 is 1.74 bits per heavy atom. The van der Waals surface area contributed by atoms with Gasteiger partial charge in [-0.2, -0.15) is 0 Å². The maximum absolute atomic E-state index is 13.5. The summed E-state index contributed by atoms with van der Waals surface area (Å²) in [5.74, 6) is 0.0462. The van der Waals surface area contributed by atoms with Gasteiger partial charge in [-0.15, -0.1) is 12.4 Å². The van der Waals surface area contributed by atoms with E-state index in [2.05, 4.69) is 35.9 Å². The highest BCUT2D eigenvalue weighted by Crippen LogP contribution is 2.31. The van der Waals surface area contributed by atoms with Crippen molar-refractivity contribution in [3.05, 3.63) is 121 Å². The van der Waals surface area contributed by atoms with Crippen LogP contribution in [0.2, 0.25) is 0 Å². The lowest BCUT2D eigenvalue weighted by atomic mass is 10.1. The van der Waals surface area contributed by atoms with Gasteiger partial charge in [-0.3, -0.25) is 19.6 Å².